The van der Waals surface area contributed by atoms with Crippen molar-refractivity contribution < 1.29 is 41.1 Å². The minimum Gasteiger partial charge on any atom is -0.383 e. The van der Waals surface area contributed by atoms with Gasteiger partial charge in [0, 0.05) is 64.7 Å². The number of piperidine rings is 1. The summed E-state index contributed by atoms with van der Waals surface area (Å²) in [7, 11) is -2.82. The maximum absolute atomic E-state index is 14.9. The van der Waals surface area contributed by atoms with Gasteiger partial charge in [0.1, 0.15) is 6.50 Å². The van der Waals surface area contributed by atoms with Crippen LogP contribution in [-0.4, -0.2) is 59.5 Å². The number of methoxy groups -OCH3 is 1. The number of para-hydroxylation sites is 1. The van der Waals surface area contributed by atoms with Gasteiger partial charge in [-0.05, 0) is 59.9 Å². The molecule has 1 fully saturated rings. The molecule has 1 aromatic heterocycles. The number of hydrogen-bond donors (Lipinski definition) is 0. The van der Waals surface area contributed by atoms with Gasteiger partial charge in [-0.3, -0.25) is 9.59 Å². The van der Waals surface area contributed by atoms with Crippen molar-refractivity contribution in [3.05, 3.63) is 136 Å². The van der Waals surface area contributed by atoms with E-state index >= 15 is 0 Å². The van der Waals surface area contributed by atoms with Crippen LogP contribution in [0.1, 0.15) is 39.1 Å². The largest absolute Gasteiger partial charge is 0.416 e. The minimum absolute atomic E-state index is 0.0335. The maximum atomic E-state index is 14.9. The number of likely N-dealkylation sites (tertiary alicyclic amines) is 1. The Bertz CT molecular complexity index is 2350. The van der Waals surface area contributed by atoms with Crippen molar-refractivity contribution in [2.24, 2.45) is 0 Å². The van der Waals surface area contributed by atoms with Crippen LogP contribution in [0.2, 0.25) is 0 Å². The second-order valence-electron chi connectivity index (χ2n) is 12.2. The summed E-state index contributed by atoms with van der Waals surface area (Å²) in [5.74, 6) is -3.43. The summed E-state index contributed by atoms with van der Waals surface area (Å²) >= 11 is 0.841. The molecule has 1 aliphatic rings. The maximum Gasteiger partial charge on any atom is 0.416 e. The first kappa shape index (κ1) is 29.0. The second-order valence-corrected chi connectivity index (χ2v) is 13.2. The van der Waals surface area contributed by atoms with Crippen molar-refractivity contribution >= 4 is 28.6 Å². The summed E-state index contributed by atoms with van der Waals surface area (Å²) in [6, 6.07) is 21.4. The predicted octanol–water partition coefficient (Wildman–Crippen LogP) is 8.40. The Labute approximate surface area is 312 Å². The van der Waals surface area contributed by atoms with Gasteiger partial charge in [0.15, 0.2) is 17.1 Å². The first-order valence-electron chi connectivity index (χ1n) is 19.8. The molecule has 1 amide bonds. The van der Waals surface area contributed by atoms with Gasteiger partial charge in [-0.2, -0.15) is 13.2 Å². The van der Waals surface area contributed by atoms with Gasteiger partial charge >= 0.3 is 6.18 Å². The topological polar surface area (TPSA) is 54.8 Å². The molecule has 52 heavy (non-hydrogen) atoms. The third-order valence-corrected chi connectivity index (χ3v) is 9.93. The molecule has 6 rings (SSSR count). The van der Waals surface area contributed by atoms with E-state index in [0.717, 1.165) is 40.6 Å². The van der Waals surface area contributed by atoms with Crippen molar-refractivity contribution in [2.75, 3.05) is 33.2 Å². The smallest absolute Gasteiger partial charge is 0.383 e. The molecule has 0 radical (unpaired) electrons. The first-order valence-corrected chi connectivity index (χ1v) is 17.3. The van der Waals surface area contributed by atoms with E-state index in [1.54, 1.807) is 36.4 Å². The Morgan fingerprint density at radius 2 is 1.65 bits per heavy atom. The summed E-state index contributed by atoms with van der Waals surface area (Å²) in [5.41, 5.74) is 0.354. The lowest BCUT2D eigenvalue weighted by Gasteiger charge is -2.39. The Balaban J connectivity index is 1.35. The van der Waals surface area contributed by atoms with E-state index in [-0.39, 0.29) is 59.7 Å². The molecule has 0 saturated carbocycles. The Morgan fingerprint density at radius 1 is 0.962 bits per heavy atom. The van der Waals surface area contributed by atoms with Crippen LogP contribution in [-0.2, 0) is 34.5 Å². The number of hydrogen-bond acceptors (Lipinski definition) is 5. The molecule has 6 nitrogen and oxygen atoms in total. The summed E-state index contributed by atoms with van der Waals surface area (Å²) in [6.07, 6.45) is -4.22. The molecule has 12 heteroatoms. The number of ether oxygens (including phenoxy) is 1. The van der Waals surface area contributed by atoms with Gasteiger partial charge in [-0.1, -0.05) is 60.7 Å². The van der Waals surface area contributed by atoms with Crippen LogP contribution >= 0.6 is 11.8 Å². The number of thioether (sulfide) groups is 1. The molecule has 4 aromatic carbocycles. The van der Waals surface area contributed by atoms with Gasteiger partial charge in [0.25, 0.3) is 0 Å². The van der Waals surface area contributed by atoms with Gasteiger partial charge in [0.05, 0.1) is 29.6 Å². The fourth-order valence-corrected chi connectivity index (χ4v) is 7.11. The molecule has 1 saturated heterocycles. The monoisotopic (exact) mass is 742 g/mol. The lowest BCUT2D eigenvalue weighted by Crippen LogP contribution is -2.48. The SMILES string of the molecule is [2H]C([2H])([2H])OCC([2H])([2H])N1CCC(N(Cc2ccc(-c3ccc(C(F)(F)F)cc3)cc2)C(=O)C([2H])([2H])n2c(SCc3cccc(F)c3F)cc(=O)c3ccccc32)CC1. The minimum atomic E-state index is -4.51. The number of rotatable bonds is 12. The number of fused-ring (bicyclic) bond motifs is 1. The Morgan fingerprint density at radius 3 is 2.35 bits per heavy atom. The lowest BCUT2D eigenvalue weighted by atomic mass is 10.00. The van der Waals surface area contributed by atoms with Gasteiger partial charge < -0.3 is 19.1 Å². The average molecular weight is 743 g/mol. The molecule has 0 N–H and O–H groups in total. The summed E-state index contributed by atoms with van der Waals surface area (Å²) in [4.78, 5) is 30.9. The van der Waals surface area contributed by atoms with Crippen molar-refractivity contribution in [1.29, 1.82) is 0 Å². The number of pyridine rings is 1. The highest BCUT2D eigenvalue weighted by atomic mass is 32.2. The zero-order valence-corrected chi connectivity index (χ0v) is 28.4. The molecule has 0 bridgehead atoms. The standard InChI is InChI=1S/C40H38F5N3O3S/c1-51-22-21-46-19-17-32(18-20-46)47(24-27-9-11-28(12-10-27)29-13-15-31(16-14-29)40(43,44)45)37(50)25-48-35-8-3-2-6-33(35)36(49)23-38(48)52-26-30-5-4-7-34(41)39(30)42/h2-16,23,32H,17-22,24-26H2,1H3/i1D3,21D2,25D2. The van der Waals surface area contributed by atoms with Crippen molar-refractivity contribution in [2.45, 2.75) is 48.9 Å². The normalized spacial score (nSPS) is 17.0. The molecular formula is C40H38F5N3O3S. The van der Waals surface area contributed by atoms with E-state index in [4.69, 9.17) is 11.6 Å². The van der Waals surface area contributed by atoms with E-state index in [9.17, 15) is 34.3 Å². The van der Waals surface area contributed by atoms with Crippen LogP contribution in [0.3, 0.4) is 0 Å². The number of aromatic nitrogens is 1. The highest BCUT2D eigenvalue weighted by Crippen LogP contribution is 2.32. The molecular weight excluding hydrogens is 698 g/mol. The second kappa shape index (κ2) is 16.4. The highest BCUT2D eigenvalue weighted by molar-refractivity contribution is 7.98. The summed E-state index contributed by atoms with van der Waals surface area (Å²) in [6.45, 7) is -5.90. The van der Waals surface area contributed by atoms with Crippen molar-refractivity contribution in [3.8, 4) is 11.1 Å². The van der Waals surface area contributed by atoms with Crippen LogP contribution in [0, 0.1) is 11.6 Å². The molecule has 0 unspecified atom stereocenters. The van der Waals surface area contributed by atoms with Crippen LogP contribution in [0.25, 0.3) is 22.0 Å². The van der Waals surface area contributed by atoms with E-state index < -0.39 is 67.4 Å². The molecule has 0 atom stereocenters. The van der Waals surface area contributed by atoms with E-state index in [2.05, 4.69) is 0 Å². The zero-order chi connectivity index (χ0) is 42.9. The zero-order valence-electron chi connectivity index (χ0n) is 34.6. The van der Waals surface area contributed by atoms with E-state index in [1.807, 2.05) is 0 Å². The van der Waals surface area contributed by atoms with E-state index in [1.165, 1.54) is 46.2 Å². The third-order valence-electron chi connectivity index (χ3n) is 8.88. The van der Waals surface area contributed by atoms with Crippen LogP contribution < -0.4 is 5.43 Å². The quantitative estimate of drug-likeness (QED) is 0.0950. The first-order chi connectivity index (χ1) is 27.7. The van der Waals surface area contributed by atoms with Crippen molar-refractivity contribution in [3.63, 3.8) is 0 Å². The summed E-state index contributed by atoms with van der Waals surface area (Å²) in [5, 5.41) is 0.0690. The van der Waals surface area contributed by atoms with Gasteiger partial charge in [-0.15, -0.1) is 11.8 Å². The number of halogens is 5. The molecule has 5 aromatic rings. The lowest BCUT2D eigenvalue weighted by molar-refractivity contribution is -0.137. The van der Waals surface area contributed by atoms with Gasteiger partial charge in [-0.25, -0.2) is 8.78 Å². The number of carbonyl (C=O) groups is 1. The van der Waals surface area contributed by atoms with Crippen LogP contribution in [0.5, 0.6) is 0 Å². The fourth-order valence-electron chi connectivity index (χ4n) is 6.12. The third kappa shape index (κ3) is 8.74. The number of carbonyl (C=O) groups excluding carboxylic acids is 1. The number of benzene rings is 4. The Kier molecular flexibility index (Phi) is 9.16. The molecule has 0 aliphatic carbocycles. The van der Waals surface area contributed by atoms with Crippen LogP contribution in [0.15, 0.2) is 107 Å². The van der Waals surface area contributed by atoms with Gasteiger partial charge in [0.2, 0.25) is 5.91 Å². The molecule has 1 aliphatic heterocycles. The number of nitrogens with zero attached hydrogens (tertiary/aromatic N) is 3. The van der Waals surface area contributed by atoms with Crippen LogP contribution in [0.4, 0.5) is 22.0 Å². The average Bonchev–Trinajstić information content (AvgIpc) is 3.19. The van der Waals surface area contributed by atoms with Crippen molar-refractivity contribution in [1.82, 2.24) is 14.4 Å². The van der Waals surface area contributed by atoms with E-state index in [0.29, 0.717) is 16.7 Å². The molecule has 0 spiro atoms. The fraction of sp³-hybridized carbons (Fsp3) is 0.300. The highest BCUT2D eigenvalue weighted by Gasteiger charge is 2.31. The summed E-state index contributed by atoms with van der Waals surface area (Å²) < 4.78 is 132. The predicted molar refractivity (Wildman–Crippen MR) is 193 cm³/mol. The Hall–Kier alpha value is -4.52. The number of amides is 1. The molecule has 272 valence electrons. The number of alkyl halides is 3. The molecule has 2 heterocycles.